The molecule has 1 N–H and O–H groups in total. The summed E-state index contributed by atoms with van der Waals surface area (Å²) in [5, 5.41) is 10.4. The van der Waals surface area contributed by atoms with Crippen molar-refractivity contribution in [2.24, 2.45) is 0 Å². The van der Waals surface area contributed by atoms with Gasteiger partial charge in [0.2, 0.25) is 6.79 Å². The Hall–Kier alpha value is -3.68. The minimum Gasteiger partial charge on any atom is -0.508 e. The van der Waals surface area contributed by atoms with E-state index in [1.54, 1.807) is 30.3 Å². The lowest BCUT2D eigenvalue weighted by Crippen LogP contribution is -2.14. The van der Waals surface area contributed by atoms with Crippen molar-refractivity contribution >= 4 is 11.9 Å². The molecular weight excluding hydrogens is 380 g/mol. The summed E-state index contributed by atoms with van der Waals surface area (Å²) in [7, 11) is 1.53. The van der Waals surface area contributed by atoms with Crippen molar-refractivity contribution in [1.29, 1.82) is 0 Å². The molecule has 0 aliphatic carbocycles. The summed E-state index contributed by atoms with van der Waals surface area (Å²) in [5.41, 5.74) is 1.14. The summed E-state index contributed by atoms with van der Waals surface area (Å²) in [5.74, 6) is -0.554. The molecule has 1 atom stereocenters. The van der Waals surface area contributed by atoms with Crippen LogP contribution < -0.4 is 18.9 Å². The van der Waals surface area contributed by atoms with E-state index in [-0.39, 0.29) is 30.5 Å². The number of methoxy groups -OCH3 is 1. The lowest BCUT2D eigenvalue weighted by Gasteiger charge is -2.21. The maximum absolute atomic E-state index is 12.5. The molecular formula is C21H18O8. The number of hydrogen-bond acceptors (Lipinski definition) is 8. The Bertz CT molecular complexity index is 1020. The first-order valence-corrected chi connectivity index (χ1v) is 8.83. The highest BCUT2D eigenvalue weighted by molar-refractivity contribution is 5.94. The van der Waals surface area contributed by atoms with E-state index < -0.39 is 17.9 Å². The fourth-order valence-electron chi connectivity index (χ4n) is 3.42. The molecule has 2 aliphatic heterocycles. The monoisotopic (exact) mass is 398 g/mol. The summed E-state index contributed by atoms with van der Waals surface area (Å²) in [4.78, 5) is 24.2. The van der Waals surface area contributed by atoms with Gasteiger partial charge in [0, 0.05) is 24.5 Å². The van der Waals surface area contributed by atoms with E-state index in [0.717, 1.165) is 0 Å². The molecule has 0 radical (unpaired) electrons. The Kier molecular flexibility index (Phi) is 4.75. The van der Waals surface area contributed by atoms with Gasteiger partial charge >= 0.3 is 11.9 Å². The van der Waals surface area contributed by atoms with E-state index in [2.05, 4.69) is 0 Å². The smallest absolute Gasteiger partial charge is 0.338 e. The average molecular weight is 398 g/mol. The number of benzene rings is 2. The highest BCUT2D eigenvalue weighted by atomic mass is 16.7. The number of cyclic esters (lactones) is 1. The third-order valence-corrected chi connectivity index (χ3v) is 4.66. The molecule has 2 aromatic carbocycles. The summed E-state index contributed by atoms with van der Waals surface area (Å²) >= 11 is 0. The van der Waals surface area contributed by atoms with Crippen molar-refractivity contribution in [3.8, 4) is 23.0 Å². The summed E-state index contributed by atoms with van der Waals surface area (Å²) in [6.07, 6.45) is 0. The van der Waals surface area contributed by atoms with E-state index in [1.807, 2.05) is 0 Å². The molecule has 2 aliphatic rings. The topological polar surface area (TPSA) is 101 Å². The highest BCUT2D eigenvalue weighted by Gasteiger charge is 2.37. The van der Waals surface area contributed by atoms with Crippen LogP contribution in [0.3, 0.4) is 0 Å². The number of ether oxygens (including phenoxy) is 5. The number of esters is 2. The molecule has 2 heterocycles. The van der Waals surface area contributed by atoms with Gasteiger partial charge in [0.25, 0.3) is 0 Å². The number of carbonyl (C=O) groups excluding carboxylic acids is 2. The first-order valence-electron chi connectivity index (χ1n) is 8.83. The molecule has 8 nitrogen and oxygen atoms in total. The molecule has 2 aromatic rings. The van der Waals surface area contributed by atoms with E-state index in [0.29, 0.717) is 28.4 Å². The lowest BCUT2D eigenvalue weighted by atomic mass is 9.83. The van der Waals surface area contributed by atoms with Gasteiger partial charge in [-0.3, -0.25) is 4.79 Å². The zero-order chi connectivity index (χ0) is 20.5. The van der Waals surface area contributed by atoms with Crippen molar-refractivity contribution in [1.82, 2.24) is 0 Å². The minimum absolute atomic E-state index is 0.0259. The van der Waals surface area contributed by atoms with Gasteiger partial charge in [0.1, 0.15) is 23.9 Å². The van der Waals surface area contributed by atoms with Crippen molar-refractivity contribution in [3.05, 3.63) is 58.9 Å². The van der Waals surface area contributed by atoms with Crippen LogP contribution in [0.1, 0.15) is 24.0 Å². The van der Waals surface area contributed by atoms with Crippen LogP contribution in [0.25, 0.3) is 0 Å². The Balaban J connectivity index is 1.95. The van der Waals surface area contributed by atoms with Crippen LogP contribution in [0.5, 0.6) is 23.0 Å². The van der Waals surface area contributed by atoms with Gasteiger partial charge in [0.05, 0.1) is 12.7 Å². The van der Waals surface area contributed by atoms with Crippen LogP contribution in [-0.4, -0.2) is 37.6 Å². The first kappa shape index (κ1) is 18.7. The second-order valence-corrected chi connectivity index (χ2v) is 6.48. The van der Waals surface area contributed by atoms with E-state index in [4.69, 9.17) is 23.7 Å². The third kappa shape index (κ3) is 3.44. The Labute approximate surface area is 166 Å². The van der Waals surface area contributed by atoms with Gasteiger partial charge in [-0.15, -0.1) is 0 Å². The zero-order valence-electron chi connectivity index (χ0n) is 15.8. The molecule has 0 bridgehead atoms. The molecule has 8 heteroatoms. The van der Waals surface area contributed by atoms with Crippen LogP contribution >= 0.6 is 0 Å². The zero-order valence-corrected chi connectivity index (χ0v) is 15.8. The van der Waals surface area contributed by atoms with Crippen molar-refractivity contribution in [2.45, 2.75) is 12.8 Å². The maximum atomic E-state index is 12.5. The molecule has 0 spiro atoms. The van der Waals surface area contributed by atoms with Gasteiger partial charge in [-0.05, 0) is 23.8 Å². The number of rotatable bonds is 5. The molecule has 0 unspecified atom stereocenters. The van der Waals surface area contributed by atoms with Gasteiger partial charge < -0.3 is 28.8 Å². The lowest BCUT2D eigenvalue weighted by molar-refractivity contribution is -0.136. The molecule has 4 rings (SSSR count). The Morgan fingerprint density at radius 1 is 1.14 bits per heavy atom. The number of carbonyl (C=O) groups is 2. The Morgan fingerprint density at radius 3 is 2.55 bits per heavy atom. The van der Waals surface area contributed by atoms with E-state index >= 15 is 0 Å². The molecule has 29 heavy (non-hydrogen) atoms. The number of hydrogen-bond donors (Lipinski definition) is 1. The fourth-order valence-corrected chi connectivity index (χ4v) is 3.42. The summed E-state index contributed by atoms with van der Waals surface area (Å²) in [6, 6.07) is 10.2. The largest absolute Gasteiger partial charge is 0.508 e. The van der Waals surface area contributed by atoms with Gasteiger partial charge in [-0.25, -0.2) is 4.79 Å². The van der Waals surface area contributed by atoms with Crippen LogP contribution in [-0.2, 0) is 14.3 Å². The quantitative estimate of drug-likeness (QED) is 0.606. The van der Waals surface area contributed by atoms with Crippen LogP contribution in [0.15, 0.2) is 47.7 Å². The normalized spacial score (nSPS) is 15.9. The standard InChI is InChI=1S/C21H18O8/c1-11(22)29-16-8-18-17(27-10-28-18)7-14(16)19(20-15(23)9-26-21(20)24)12-4-3-5-13(6-12)25-2/h3-8,19,23H,9-10H2,1-2H3/t19-/m1/s1. The average Bonchev–Trinajstić information content (AvgIpc) is 3.29. The molecule has 150 valence electrons. The van der Waals surface area contributed by atoms with Crippen LogP contribution in [0.4, 0.5) is 0 Å². The predicted octanol–water partition coefficient (Wildman–Crippen LogP) is 2.85. The molecule has 0 fully saturated rings. The van der Waals surface area contributed by atoms with Crippen molar-refractivity contribution in [3.63, 3.8) is 0 Å². The van der Waals surface area contributed by atoms with Crippen molar-refractivity contribution < 1.29 is 38.4 Å². The number of fused-ring (bicyclic) bond motifs is 1. The van der Waals surface area contributed by atoms with Crippen molar-refractivity contribution in [2.75, 3.05) is 20.5 Å². The number of aliphatic hydroxyl groups excluding tert-OH is 1. The summed E-state index contributed by atoms with van der Waals surface area (Å²) in [6.45, 7) is 1.08. The Morgan fingerprint density at radius 2 is 1.90 bits per heavy atom. The van der Waals surface area contributed by atoms with Crippen LogP contribution in [0, 0.1) is 0 Å². The maximum Gasteiger partial charge on any atom is 0.338 e. The minimum atomic E-state index is -0.788. The van der Waals surface area contributed by atoms with Gasteiger partial charge in [-0.1, -0.05) is 12.1 Å². The fraction of sp³-hybridized carbons (Fsp3) is 0.238. The molecule has 0 aromatic heterocycles. The predicted molar refractivity (Wildman–Crippen MR) is 99.3 cm³/mol. The molecule has 0 amide bonds. The highest BCUT2D eigenvalue weighted by Crippen LogP contribution is 2.46. The van der Waals surface area contributed by atoms with Gasteiger partial charge in [0.15, 0.2) is 11.5 Å². The second kappa shape index (κ2) is 7.38. The summed E-state index contributed by atoms with van der Waals surface area (Å²) < 4.78 is 26.6. The van der Waals surface area contributed by atoms with E-state index in [1.165, 1.54) is 20.1 Å². The SMILES string of the molecule is COc1cccc([C@@H](C2=C(O)COC2=O)c2cc3c(cc2OC(C)=O)OCO3)c1. The third-order valence-electron chi connectivity index (χ3n) is 4.66. The van der Waals surface area contributed by atoms with E-state index in [9.17, 15) is 14.7 Å². The molecule has 0 saturated heterocycles. The van der Waals surface area contributed by atoms with Gasteiger partial charge in [-0.2, -0.15) is 0 Å². The van der Waals surface area contributed by atoms with Crippen LogP contribution in [0.2, 0.25) is 0 Å². The second-order valence-electron chi connectivity index (χ2n) is 6.48. The molecule has 0 saturated carbocycles. The number of aliphatic hydroxyl groups is 1. The first-order chi connectivity index (χ1) is 14.0.